The number of carbonyl (C=O) groups excluding carboxylic acids is 1. The number of hydrogen-bond donors (Lipinski definition) is 2. The van der Waals surface area contributed by atoms with E-state index in [0.717, 1.165) is 25.8 Å². The van der Waals surface area contributed by atoms with E-state index < -0.39 is 0 Å². The van der Waals surface area contributed by atoms with Crippen LogP contribution in [0.3, 0.4) is 0 Å². The molecular weight excluding hydrogens is 284 g/mol. The van der Waals surface area contributed by atoms with Crippen LogP contribution in [-0.4, -0.2) is 18.5 Å². The van der Waals surface area contributed by atoms with Gasteiger partial charge in [0, 0.05) is 0 Å². The molecule has 0 aliphatic carbocycles. The molecule has 21 heavy (non-hydrogen) atoms. The molecule has 1 heterocycles. The Morgan fingerprint density at radius 3 is 2.48 bits per heavy atom. The van der Waals surface area contributed by atoms with Gasteiger partial charge in [-0.05, 0) is 49.8 Å². The average Bonchev–Trinajstić information content (AvgIpc) is 2.92. The minimum absolute atomic E-state index is 0. The largest absolute Gasteiger partial charge is 0.348 e. The van der Waals surface area contributed by atoms with Gasteiger partial charge in [0.15, 0.2) is 0 Å². The van der Waals surface area contributed by atoms with Crippen molar-refractivity contribution in [3.05, 3.63) is 35.4 Å². The minimum atomic E-state index is -0.00216. The SMILES string of the molecule is CC(C)Cc1ccc(C(C)NC(=O)[C@@H]2CCCN2)cc1.Cl. The van der Waals surface area contributed by atoms with Gasteiger partial charge in [0.25, 0.3) is 0 Å². The van der Waals surface area contributed by atoms with Crippen molar-refractivity contribution in [2.75, 3.05) is 6.54 Å². The van der Waals surface area contributed by atoms with E-state index in [4.69, 9.17) is 0 Å². The van der Waals surface area contributed by atoms with Crippen molar-refractivity contribution in [3.63, 3.8) is 0 Å². The van der Waals surface area contributed by atoms with Crippen LogP contribution >= 0.6 is 12.4 Å². The Morgan fingerprint density at radius 2 is 1.95 bits per heavy atom. The van der Waals surface area contributed by atoms with Crippen molar-refractivity contribution in [1.29, 1.82) is 0 Å². The van der Waals surface area contributed by atoms with E-state index in [-0.39, 0.29) is 30.4 Å². The van der Waals surface area contributed by atoms with Gasteiger partial charge in [-0.2, -0.15) is 0 Å². The van der Waals surface area contributed by atoms with E-state index in [0.29, 0.717) is 5.92 Å². The highest BCUT2D eigenvalue weighted by Gasteiger charge is 2.23. The second kappa shape index (κ2) is 8.40. The van der Waals surface area contributed by atoms with Crippen LogP contribution < -0.4 is 10.6 Å². The number of carbonyl (C=O) groups is 1. The summed E-state index contributed by atoms with van der Waals surface area (Å²) in [4.78, 5) is 12.1. The molecular formula is C17H27ClN2O. The molecule has 3 nitrogen and oxygen atoms in total. The summed E-state index contributed by atoms with van der Waals surface area (Å²) >= 11 is 0. The normalized spacial score (nSPS) is 19.1. The first-order valence-electron chi connectivity index (χ1n) is 7.69. The molecule has 1 saturated heterocycles. The van der Waals surface area contributed by atoms with Crippen LogP contribution in [0.2, 0.25) is 0 Å². The second-order valence-corrected chi connectivity index (χ2v) is 6.22. The molecule has 0 aromatic heterocycles. The predicted octanol–water partition coefficient (Wildman–Crippen LogP) is 3.24. The maximum absolute atomic E-state index is 12.1. The van der Waals surface area contributed by atoms with Crippen LogP contribution in [0.1, 0.15) is 50.8 Å². The van der Waals surface area contributed by atoms with Crippen LogP contribution in [0.4, 0.5) is 0 Å². The smallest absolute Gasteiger partial charge is 0.237 e. The summed E-state index contributed by atoms with van der Waals surface area (Å²) in [6, 6.07) is 8.67. The maximum Gasteiger partial charge on any atom is 0.237 e. The minimum Gasteiger partial charge on any atom is -0.348 e. The number of benzene rings is 1. The van der Waals surface area contributed by atoms with Gasteiger partial charge < -0.3 is 10.6 Å². The third-order valence-corrected chi connectivity index (χ3v) is 3.86. The summed E-state index contributed by atoms with van der Waals surface area (Å²) in [7, 11) is 0. The van der Waals surface area contributed by atoms with Gasteiger partial charge in [-0.25, -0.2) is 0 Å². The summed E-state index contributed by atoms with van der Waals surface area (Å²) in [6.45, 7) is 7.46. The summed E-state index contributed by atoms with van der Waals surface area (Å²) < 4.78 is 0. The lowest BCUT2D eigenvalue weighted by Crippen LogP contribution is -2.41. The van der Waals surface area contributed by atoms with Gasteiger partial charge in [0.05, 0.1) is 12.1 Å². The molecule has 2 N–H and O–H groups in total. The monoisotopic (exact) mass is 310 g/mol. The molecule has 1 aliphatic rings. The first kappa shape index (κ1) is 18.0. The lowest BCUT2D eigenvalue weighted by molar-refractivity contribution is -0.123. The fourth-order valence-corrected chi connectivity index (χ4v) is 2.72. The molecule has 0 bridgehead atoms. The number of hydrogen-bond acceptors (Lipinski definition) is 2. The second-order valence-electron chi connectivity index (χ2n) is 6.22. The van der Waals surface area contributed by atoms with Gasteiger partial charge in [-0.15, -0.1) is 12.4 Å². The zero-order valence-electron chi connectivity index (χ0n) is 13.2. The third kappa shape index (κ3) is 5.33. The van der Waals surface area contributed by atoms with Crippen LogP contribution in [-0.2, 0) is 11.2 Å². The molecule has 0 radical (unpaired) electrons. The number of amides is 1. The Morgan fingerprint density at radius 1 is 1.29 bits per heavy atom. The summed E-state index contributed by atoms with van der Waals surface area (Å²) in [5.74, 6) is 0.799. The van der Waals surface area contributed by atoms with Crippen LogP contribution in [0.15, 0.2) is 24.3 Å². The average molecular weight is 311 g/mol. The zero-order valence-corrected chi connectivity index (χ0v) is 14.0. The summed E-state index contributed by atoms with van der Waals surface area (Å²) in [5.41, 5.74) is 2.53. The molecule has 118 valence electrons. The Bertz CT molecular complexity index is 439. The fourth-order valence-electron chi connectivity index (χ4n) is 2.72. The van der Waals surface area contributed by atoms with Crippen molar-refractivity contribution in [2.24, 2.45) is 5.92 Å². The molecule has 0 spiro atoms. The summed E-state index contributed by atoms with van der Waals surface area (Å²) in [6.07, 6.45) is 3.15. The Hall–Kier alpha value is -1.06. The Labute approximate surface area is 134 Å². The predicted molar refractivity (Wildman–Crippen MR) is 89.8 cm³/mol. The van der Waals surface area contributed by atoms with Crippen LogP contribution in [0.25, 0.3) is 0 Å². The molecule has 1 aliphatic heterocycles. The molecule has 4 heteroatoms. The van der Waals surface area contributed by atoms with Gasteiger partial charge in [-0.3, -0.25) is 4.79 Å². The van der Waals surface area contributed by atoms with Gasteiger partial charge in [-0.1, -0.05) is 38.1 Å². The van der Waals surface area contributed by atoms with E-state index in [1.54, 1.807) is 0 Å². The zero-order chi connectivity index (χ0) is 14.5. The maximum atomic E-state index is 12.1. The molecule has 2 rings (SSSR count). The first-order valence-corrected chi connectivity index (χ1v) is 7.69. The molecule has 0 saturated carbocycles. The van der Waals surface area contributed by atoms with Crippen LogP contribution in [0, 0.1) is 5.92 Å². The lowest BCUT2D eigenvalue weighted by atomic mass is 10.00. The first-order chi connectivity index (χ1) is 9.56. The lowest BCUT2D eigenvalue weighted by Gasteiger charge is -2.18. The number of halogens is 1. The standard InChI is InChI=1S/C17H26N2O.ClH/c1-12(2)11-14-6-8-15(9-7-14)13(3)19-17(20)16-5-4-10-18-16;/h6-9,12-13,16,18H,4-5,10-11H2,1-3H3,(H,19,20);1H/t13?,16-;/m0./s1. The van der Waals surface area contributed by atoms with Crippen LogP contribution in [0.5, 0.6) is 0 Å². The van der Waals surface area contributed by atoms with Crippen molar-refractivity contribution in [2.45, 2.75) is 52.1 Å². The third-order valence-electron chi connectivity index (χ3n) is 3.86. The topological polar surface area (TPSA) is 41.1 Å². The van der Waals surface area contributed by atoms with Gasteiger partial charge >= 0.3 is 0 Å². The highest BCUT2D eigenvalue weighted by Crippen LogP contribution is 2.16. The summed E-state index contributed by atoms with van der Waals surface area (Å²) in [5, 5.41) is 6.33. The van der Waals surface area contributed by atoms with E-state index >= 15 is 0 Å². The van der Waals surface area contributed by atoms with E-state index in [1.807, 2.05) is 6.92 Å². The molecule has 1 unspecified atom stereocenters. The molecule has 1 aromatic rings. The number of rotatable bonds is 5. The molecule has 1 aromatic carbocycles. The Kier molecular flexibility index (Phi) is 7.20. The highest BCUT2D eigenvalue weighted by atomic mass is 35.5. The van der Waals surface area contributed by atoms with E-state index in [1.165, 1.54) is 11.1 Å². The van der Waals surface area contributed by atoms with Crippen molar-refractivity contribution in [1.82, 2.24) is 10.6 Å². The molecule has 2 atom stereocenters. The molecule has 1 amide bonds. The van der Waals surface area contributed by atoms with E-state index in [9.17, 15) is 4.79 Å². The fraction of sp³-hybridized carbons (Fsp3) is 0.588. The van der Waals surface area contributed by atoms with Gasteiger partial charge in [0.1, 0.15) is 0 Å². The quantitative estimate of drug-likeness (QED) is 0.876. The molecule has 1 fully saturated rings. The van der Waals surface area contributed by atoms with Crippen molar-refractivity contribution < 1.29 is 4.79 Å². The van der Waals surface area contributed by atoms with Gasteiger partial charge in [0.2, 0.25) is 5.91 Å². The van der Waals surface area contributed by atoms with Crippen molar-refractivity contribution in [3.8, 4) is 0 Å². The Balaban J connectivity index is 0.00000220. The van der Waals surface area contributed by atoms with Crippen molar-refractivity contribution >= 4 is 18.3 Å². The highest BCUT2D eigenvalue weighted by molar-refractivity contribution is 5.85. The number of nitrogens with one attached hydrogen (secondary N) is 2. The van der Waals surface area contributed by atoms with E-state index in [2.05, 4.69) is 48.7 Å².